The Hall–Kier alpha value is -2.70. The van der Waals surface area contributed by atoms with Crippen LogP contribution in [0.1, 0.15) is 40.9 Å². The highest BCUT2D eigenvalue weighted by molar-refractivity contribution is 5.94. The number of halogens is 1. The fourth-order valence-electron chi connectivity index (χ4n) is 2.98. The molecule has 132 valence electrons. The fourth-order valence-corrected chi connectivity index (χ4v) is 2.98. The van der Waals surface area contributed by atoms with Gasteiger partial charge < -0.3 is 14.8 Å². The summed E-state index contributed by atoms with van der Waals surface area (Å²) in [5, 5.41) is 2.81. The van der Waals surface area contributed by atoms with E-state index in [1.54, 1.807) is 24.0 Å². The first-order chi connectivity index (χ1) is 12.0. The van der Waals surface area contributed by atoms with E-state index in [0.717, 1.165) is 17.2 Å². The van der Waals surface area contributed by atoms with Crippen LogP contribution in [0, 0.1) is 5.82 Å². The number of benzene rings is 1. The molecule has 1 N–H and O–H groups in total. The first kappa shape index (κ1) is 17.1. The van der Waals surface area contributed by atoms with Crippen LogP contribution in [0.15, 0.2) is 24.3 Å². The monoisotopic (exact) mass is 344 g/mol. The van der Waals surface area contributed by atoms with Crippen LogP contribution in [0.2, 0.25) is 0 Å². The molecular weight excluding hydrogens is 323 g/mol. The van der Waals surface area contributed by atoms with Crippen LogP contribution in [0.5, 0.6) is 0 Å². The number of rotatable bonds is 4. The molecule has 0 bridgehead atoms. The predicted molar refractivity (Wildman–Crippen MR) is 90.2 cm³/mol. The van der Waals surface area contributed by atoms with Gasteiger partial charge in [-0.1, -0.05) is 19.1 Å². The summed E-state index contributed by atoms with van der Waals surface area (Å²) >= 11 is 0. The van der Waals surface area contributed by atoms with Gasteiger partial charge in [0.2, 0.25) is 5.91 Å². The Labute approximate surface area is 145 Å². The minimum atomic E-state index is -0.508. The van der Waals surface area contributed by atoms with Crippen LogP contribution in [-0.2, 0) is 31.4 Å². The molecule has 0 aliphatic carbocycles. The number of carbonyl (C=O) groups excluding carboxylic acids is 2. The highest BCUT2D eigenvalue weighted by atomic mass is 19.1. The molecule has 2 aromatic rings. The van der Waals surface area contributed by atoms with Gasteiger partial charge in [0.15, 0.2) is 0 Å². The summed E-state index contributed by atoms with van der Waals surface area (Å²) < 4.78 is 15.8. The van der Waals surface area contributed by atoms with E-state index in [9.17, 15) is 14.0 Å². The van der Waals surface area contributed by atoms with Crippen LogP contribution in [-0.4, -0.2) is 32.8 Å². The lowest BCUT2D eigenvalue weighted by atomic mass is 10.1. The molecule has 1 aromatic heterocycles. The summed E-state index contributed by atoms with van der Waals surface area (Å²) in [6.45, 7) is 3.04. The molecule has 1 aliphatic heterocycles. The highest BCUT2D eigenvalue weighted by Crippen LogP contribution is 2.22. The zero-order valence-electron chi connectivity index (χ0n) is 14.4. The molecule has 0 radical (unpaired) electrons. The van der Waals surface area contributed by atoms with Crippen molar-refractivity contribution in [3.63, 3.8) is 0 Å². The summed E-state index contributed by atoms with van der Waals surface area (Å²) in [5.74, 6) is -0.0959. The second-order valence-electron chi connectivity index (χ2n) is 6.07. The van der Waals surface area contributed by atoms with Crippen molar-refractivity contribution in [3.05, 3.63) is 52.9 Å². The molecule has 0 atom stereocenters. The van der Waals surface area contributed by atoms with Crippen LogP contribution < -0.4 is 5.32 Å². The van der Waals surface area contributed by atoms with E-state index in [-0.39, 0.29) is 17.4 Å². The largest absolute Gasteiger partial charge is 0.349 e. The Balaban J connectivity index is 1.77. The molecule has 7 heteroatoms. The average molecular weight is 344 g/mol. The van der Waals surface area contributed by atoms with Crippen LogP contribution in [0.3, 0.4) is 0 Å². The minimum Gasteiger partial charge on any atom is -0.349 e. The maximum atomic E-state index is 13.9. The Morgan fingerprint density at radius 1 is 1.32 bits per heavy atom. The summed E-state index contributed by atoms with van der Waals surface area (Å²) in [7, 11) is 1.87. The maximum Gasteiger partial charge on any atom is 0.257 e. The lowest BCUT2D eigenvalue weighted by Crippen LogP contribution is -2.37. The zero-order chi connectivity index (χ0) is 18.0. The molecule has 3 rings (SSSR count). The molecule has 2 amide bonds. The van der Waals surface area contributed by atoms with Crippen LogP contribution in [0.4, 0.5) is 4.39 Å². The topological polar surface area (TPSA) is 67.2 Å². The molecule has 0 spiro atoms. The van der Waals surface area contributed by atoms with E-state index in [4.69, 9.17) is 0 Å². The Bertz CT molecular complexity index is 815. The van der Waals surface area contributed by atoms with Gasteiger partial charge in [-0.15, -0.1) is 0 Å². The molecular formula is C18H21FN4O2. The summed E-state index contributed by atoms with van der Waals surface area (Å²) in [6, 6.07) is 6.02. The fraction of sp³-hybridized carbons (Fsp3) is 0.389. The van der Waals surface area contributed by atoms with E-state index < -0.39 is 5.82 Å². The number of hydrogen-bond acceptors (Lipinski definition) is 3. The third-order valence-corrected chi connectivity index (χ3v) is 4.50. The van der Waals surface area contributed by atoms with Crippen molar-refractivity contribution >= 4 is 11.8 Å². The van der Waals surface area contributed by atoms with Crippen molar-refractivity contribution in [1.29, 1.82) is 0 Å². The second-order valence-corrected chi connectivity index (χ2v) is 6.07. The molecule has 0 saturated carbocycles. The van der Waals surface area contributed by atoms with E-state index in [0.29, 0.717) is 32.5 Å². The predicted octanol–water partition coefficient (Wildman–Crippen LogP) is 1.78. The third-order valence-electron chi connectivity index (χ3n) is 4.50. The van der Waals surface area contributed by atoms with E-state index in [2.05, 4.69) is 10.3 Å². The Morgan fingerprint density at radius 2 is 2.08 bits per heavy atom. The summed E-state index contributed by atoms with van der Waals surface area (Å²) in [4.78, 5) is 30.2. The lowest BCUT2D eigenvalue weighted by Gasteiger charge is -2.27. The van der Waals surface area contributed by atoms with E-state index >= 15 is 0 Å². The van der Waals surface area contributed by atoms with Crippen molar-refractivity contribution in [2.24, 2.45) is 7.05 Å². The molecule has 2 heterocycles. The number of nitrogens with one attached hydrogen (secondary N) is 1. The number of nitrogens with zero attached hydrogens (tertiary/aromatic N) is 3. The highest BCUT2D eigenvalue weighted by Gasteiger charge is 2.27. The summed E-state index contributed by atoms with van der Waals surface area (Å²) in [6.07, 6.45) is 1.04. The van der Waals surface area contributed by atoms with Crippen LogP contribution in [0.25, 0.3) is 0 Å². The standard InChI is InChI=1S/C18H21FN4O2/c1-3-17(24)20-10-16-21-14-8-9-23(11-15(14)22(16)2)18(25)12-6-4-5-7-13(12)19/h4-7H,3,8-11H2,1-2H3,(H,20,24). The third kappa shape index (κ3) is 3.40. The quantitative estimate of drug-likeness (QED) is 0.919. The van der Waals surface area contributed by atoms with Crippen molar-refractivity contribution in [1.82, 2.24) is 19.8 Å². The SMILES string of the molecule is CCC(=O)NCc1nc2c(n1C)CN(C(=O)c1ccccc1F)CC2. The van der Waals surface area contributed by atoms with Gasteiger partial charge >= 0.3 is 0 Å². The van der Waals surface area contributed by atoms with Gasteiger partial charge in [-0.3, -0.25) is 9.59 Å². The van der Waals surface area contributed by atoms with Gasteiger partial charge in [0.05, 0.1) is 30.0 Å². The molecule has 1 aromatic carbocycles. The molecule has 25 heavy (non-hydrogen) atoms. The minimum absolute atomic E-state index is 0.0303. The number of carbonyl (C=O) groups is 2. The van der Waals surface area contributed by atoms with Gasteiger partial charge in [-0.25, -0.2) is 9.37 Å². The molecule has 1 aliphatic rings. The number of hydrogen-bond donors (Lipinski definition) is 1. The van der Waals surface area contributed by atoms with E-state index in [1.165, 1.54) is 12.1 Å². The van der Waals surface area contributed by atoms with Gasteiger partial charge in [-0.05, 0) is 12.1 Å². The van der Waals surface area contributed by atoms with Gasteiger partial charge in [0.25, 0.3) is 5.91 Å². The van der Waals surface area contributed by atoms with Crippen molar-refractivity contribution in [2.75, 3.05) is 6.54 Å². The smallest absolute Gasteiger partial charge is 0.257 e. The number of imidazole rings is 1. The molecule has 0 fully saturated rings. The Kier molecular flexibility index (Phi) is 4.83. The average Bonchev–Trinajstić information content (AvgIpc) is 2.95. The molecule has 6 nitrogen and oxygen atoms in total. The van der Waals surface area contributed by atoms with Crippen LogP contribution >= 0.6 is 0 Å². The van der Waals surface area contributed by atoms with Crippen molar-refractivity contribution in [2.45, 2.75) is 32.9 Å². The maximum absolute atomic E-state index is 13.9. The zero-order valence-corrected chi connectivity index (χ0v) is 14.4. The van der Waals surface area contributed by atoms with Gasteiger partial charge in [0, 0.05) is 26.4 Å². The molecule has 0 unspecified atom stereocenters. The first-order valence-electron chi connectivity index (χ1n) is 8.35. The Morgan fingerprint density at radius 3 is 2.80 bits per heavy atom. The first-order valence-corrected chi connectivity index (χ1v) is 8.35. The van der Waals surface area contributed by atoms with Crippen molar-refractivity contribution in [3.8, 4) is 0 Å². The van der Waals surface area contributed by atoms with Crippen molar-refractivity contribution < 1.29 is 14.0 Å². The lowest BCUT2D eigenvalue weighted by molar-refractivity contribution is -0.120. The number of amides is 2. The number of fused-ring (bicyclic) bond motifs is 1. The molecule has 0 saturated heterocycles. The van der Waals surface area contributed by atoms with Gasteiger partial charge in [-0.2, -0.15) is 0 Å². The number of aromatic nitrogens is 2. The summed E-state index contributed by atoms with van der Waals surface area (Å²) in [5.41, 5.74) is 1.95. The van der Waals surface area contributed by atoms with Gasteiger partial charge in [0.1, 0.15) is 11.6 Å². The van der Waals surface area contributed by atoms with E-state index in [1.807, 2.05) is 11.6 Å². The normalized spacial score (nSPS) is 13.5. The second kappa shape index (κ2) is 7.04.